The standard InChI is InChI=1S/C19H24N2O3/c1-13(2)15-5-9-18(10-6-15)24-14(3)20-19(22)21-16-7-11-17(23-4)12-8-16/h5-14H,1-4H3,(H2,20,21,22). The molecule has 0 fully saturated rings. The molecule has 1 unspecified atom stereocenters. The van der Waals surface area contributed by atoms with Crippen LogP contribution in [-0.4, -0.2) is 19.4 Å². The minimum Gasteiger partial charge on any atom is -0.497 e. The Labute approximate surface area is 143 Å². The van der Waals surface area contributed by atoms with E-state index >= 15 is 0 Å². The van der Waals surface area contributed by atoms with Crippen LogP contribution in [0.1, 0.15) is 32.3 Å². The molecule has 2 aromatic carbocycles. The van der Waals surface area contributed by atoms with Gasteiger partial charge in [-0.2, -0.15) is 0 Å². The van der Waals surface area contributed by atoms with Gasteiger partial charge in [-0.3, -0.25) is 0 Å². The van der Waals surface area contributed by atoms with E-state index in [0.29, 0.717) is 11.6 Å². The fourth-order valence-corrected chi connectivity index (χ4v) is 2.19. The number of hydrogen-bond donors (Lipinski definition) is 2. The van der Waals surface area contributed by atoms with E-state index in [-0.39, 0.29) is 6.03 Å². The van der Waals surface area contributed by atoms with Crippen LogP contribution in [0.4, 0.5) is 10.5 Å². The quantitative estimate of drug-likeness (QED) is 0.774. The molecular formula is C19H24N2O3. The van der Waals surface area contributed by atoms with Gasteiger partial charge in [0.25, 0.3) is 0 Å². The summed E-state index contributed by atoms with van der Waals surface area (Å²) in [5.41, 5.74) is 1.93. The van der Waals surface area contributed by atoms with E-state index in [2.05, 4.69) is 24.5 Å². The highest BCUT2D eigenvalue weighted by Crippen LogP contribution is 2.19. The number of amides is 2. The van der Waals surface area contributed by atoms with Gasteiger partial charge in [0.05, 0.1) is 7.11 Å². The molecule has 2 aromatic rings. The normalized spacial score (nSPS) is 11.7. The molecule has 1 atom stereocenters. The molecule has 0 aliphatic heterocycles. The predicted octanol–water partition coefficient (Wildman–Crippen LogP) is 4.37. The van der Waals surface area contributed by atoms with Gasteiger partial charge in [0.2, 0.25) is 0 Å². The zero-order chi connectivity index (χ0) is 17.5. The molecule has 2 rings (SSSR count). The average molecular weight is 328 g/mol. The topological polar surface area (TPSA) is 59.6 Å². The summed E-state index contributed by atoms with van der Waals surface area (Å²) in [6, 6.07) is 14.7. The molecule has 0 spiro atoms. The van der Waals surface area contributed by atoms with Crippen LogP contribution >= 0.6 is 0 Å². The Morgan fingerprint density at radius 3 is 2.04 bits per heavy atom. The number of ether oxygens (including phenoxy) is 2. The summed E-state index contributed by atoms with van der Waals surface area (Å²) in [5.74, 6) is 1.93. The maximum Gasteiger partial charge on any atom is 0.322 e. The van der Waals surface area contributed by atoms with E-state index in [1.807, 2.05) is 24.3 Å². The first-order valence-corrected chi connectivity index (χ1v) is 7.96. The first-order chi connectivity index (χ1) is 11.5. The molecule has 0 aromatic heterocycles. The summed E-state index contributed by atoms with van der Waals surface area (Å²) in [6.07, 6.45) is -0.451. The summed E-state index contributed by atoms with van der Waals surface area (Å²) >= 11 is 0. The van der Waals surface area contributed by atoms with E-state index < -0.39 is 6.23 Å². The highest BCUT2D eigenvalue weighted by Gasteiger charge is 2.09. The molecule has 0 radical (unpaired) electrons. The molecule has 0 saturated carbocycles. The highest BCUT2D eigenvalue weighted by atomic mass is 16.5. The zero-order valence-corrected chi connectivity index (χ0v) is 14.5. The zero-order valence-electron chi connectivity index (χ0n) is 14.5. The Balaban J connectivity index is 1.84. The average Bonchev–Trinajstić information content (AvgIpc) is 2.55. The Bertz CT molecular complexity index is 651. The SMILES string of the molecule is COc1ccc(NC(=O)NC(C)Oc2ccc(C(C)C)cc2)cc1. The van der Waals surface area contributed by atoms with Crippen molar-refractivity contribution in [3.05, 3.63) is 54.1 Å². The van der Waals surface area contributed by atoms with Gasteiger partial charge in [-0.1, -0.05) is 26.0 Å². The molecule has 2 amide bonds. The van der Waals surface area contributed by atoms with E-state index in [4.69, 9.17) is 9.47 Å². The third kappa shape index (κ3) is 5.19. The van der Waals surface area contributed by atoms with E-state index in [9.17, 15) is 4.79 Å². The lowest BCUT2D eigenvalue weighted by atomic mass is 10.0. The van der Waals surface area contributed by atoms with Crippen molar-refractivity contribution >= 4 is 11.7 Å². The van der Waals surface area contributed by atoms with Crippen LogP contribution in [0.3, 0.4) is 0 Å². The minimum atomic E-state index is -0.451. The molecule has 24 heavy (non-hydrogen) atoms. The fraction of sp³-hybridized carbons (Fsp3) is 0.316. The van der Waals surface area contributed by atoms with E-state index in [1.54, 1.807) is 38.3 Å². The van der Waals surface area contributed by atoms with Gasteiger partial charge in [-0.15, -0.1) is 0 Å². The molecular weight excluding hydrogens is 304 g/mol. The molecule has 5 nitrogen and oxygen atoms in total. The van der Waals surface area contributed by atoms with E-state index in [1.165, 1.54) is 5.56 Å². The second kappa shape index (κ2) is 8.24. The van der Waals surface area contributed by atoms with Crippen LogP contribution in [0.15, 0.2) is 48.5 Å². The number of benzene rings is 2. The molecule has 0 saturated heterocycles. The second-order valence-corrected chi connectivity index (χ2v) is 5.81. The molecule has 5 heteroatoms. The minimum absolute atomic E-state index is 0.327. The number of carbonyl (C=O) groups is 1. The lowest BCUT2D eigenvalue weighted by Crippen LogP contribution is -2.39. The van der Waals surface area contributed by atoms with Crippen molar-refractivity contribution in [2.75, 3.05) is 12.4 Å². The van der Waals surface area contributed by atoms with Crippen molar-refractivity contribution in [2.24, 2.45) is 0 Å². The van der Waals surface area contributed by atoms with Crippen LogP contribution in [0.5, 0.6) is 11.5 Å². The third-order valence-electron chi connectivity index (χ3n) is 3.54. The van der Waals surface area contributed by atoms with Crippen LogP contribution < -0.4 is 20.1 Å². The van der Waals surface area contributed by atoms with E-state index in [0.717, 1.165) is 11.5 Å². The van der Waals surface area contributed by atoms with Crippen molar-refractivity contribution in [1.82, 2.24) is 5.32 Å². The summed E-state index contributed by atoms with van der Waals surface area (Å²) in [6.45, 7) is 6.07. The molecule has 0 aliphatic carbocycles. The Morgan fingerprint density at radius 2 is 1.50 bits per heavy atom. The van der Waals surface area contributed by atoms with Gasteiger partial charge in [0, 0.05) is 5.69 Å². The lowest BCUT2D eigenvalue weighted by molar-refractivity contribution is 0.183. The Morgan fingerprint density at radius 1 is 0.917 bits per heavy atom. The maximum atomic E-state index is 12.0. The van der Waals surface area contributed by atoms with Gasteiger partial charge in [-0.05, 0) is 54.8 Å². The fourth-order valence-electron chi connectivity index (χ4n) is 2.19. The van der Waals surface area contributed by atoms with Gasteiger partial charge in [-0.25, -0.2) is 4.79 Å². The summed E-state index contributed by atoms with van der Waals surface area (Å²) in [5, 5.41) is 5.49. The largest absolute Gasteiger partial charge is 0.497 e. The maximum absolute atomic E-state index is 12.0. The first kappa shape index (κ1) is 17.7. The number of nitrogens with one attached hydrogen (secondary N) is 2. The summed E-state index contributed by atoms with van der Waals surface area (Å²) in [7, 11) is 1.60. The predicted molar refractivity (Wildman–Crippen MR) is 95.8 cm³/mol. The summed E-state index contributed by atoms with van der Waals surface area (Å²) < 4.78 is 10.8. The number of urea groups is 1. The van der Waals surface area contributed by atoms with Crippen molar-refractivity contribution < 1.29 is 14.3 Å². The lowest BCUT2D eigenvalue weighted by Gasteiger charge is -2.17. The molecule has 128 valence electrons. The number of hydrogen-bond acceptors (Lipinski definition) is 3. The molecule has 0 heterocycles. The number of carbonyl (C=O) groups excluding carboxylic acids is 1. The van der Waals surface area contributed by atoms with Crippen LogP contribution in [0.25, 0.3) is 0 Å². The van der Waals surface area contributed by atoms with Gasteiger partial charge in [0.15, 0.2) is 6.23 Å². The van der Waals surface area contributed by atoms with Gasteiger partial charge in [0.1, 0.15) is 11.5 Å². The monoisotopic (exact) mass is 328 g/mol. The molecule has 0 aliphatic rings. The van der Waals surface area contributed by atoms with Crippen molar-refractivity contribution in [3.8, 4) is 11.5 Å². The number of anilines is 1. The van der Waals surface area contributed by atoms with Crippen LogP contribution in [-0.2, 0) is 0 Å². The van der Waals surface area contributed by atoms with Crippen LogP contribution in [0, 0.1) is 0 Å². The number of rotatable bonds is 6. The van der Waals surface area contributed by atoms with Crippen molar-refractivity contribution in [1.29, 1.82) is 0 Å². The number of methoxy groups -OCH3 is 1. The Kier molecular flexibility index (Phi) is 6.07. The summed E-state index contributed by atoms with van der Waals surface area (Å²) in [4.78, 5) is 12.0. The second-order valence-electron chi connectivity index (χ2n) is 5.81. The molecule has 2 N–H and O–H groups in total. The van der Waals surface area contributed by atoms with Crippen molar-refractivity contribution in [3.63, 3.8) is 0 Å². The first-order valence-electron chi connectivity index (χ1n) is 7.96. The van der Waals surface area contributed by atoms with Gasteiger partial charge >= 0.3 is 6.03 Å². The van der Waals surface area contributed by atoms with Crippen molar-refractivity contribution in [2.45, 2.75) is 32.9 Å². The third-order valence-corrected chi connectivity index (χ3v) is 3.54. The molecule has 0 bridgehead atoms. The smallest absolute Gasteiger partial charge is 0.322 e. The van der Waals surface area contributed by atoms with Gasteiger partial charge < -0.3 is 20.1 Å². The Hall–Kier alpha value is -2.69. The van der Waals surface area contributed by atoms with Crippen LogP contribution in [0.2, 0.25) is 0 Å². The highest BCUT2D eigenvalue weighted by molar-refractivity contribution is 5.89.